The van der Waals surface area contributed by atoms with Crippen molar-refractivity contribution in [3.63, 3.8) is 0 Å². The highest BCUT2D eigenvalue weighted by molar-refractivity contribution is 5.94. The number of para-hydroxylation sites is 1. The predicted octanol–water partition coefficient (Wildman–Crippen LogP) is 3.83. The minimum Gasteiger partial charge on any atom is -0.324 e. The molecule has 0 radical (unpaired) electrons. The standard InChI is InChI=1S/C22H23N5O/c28-22(27-15-12-16-6-4-5-9-19(16)27)26-13-10-18(11-14-26)21-23-20(24-25-21)17-7-2-1-3-8-17/h1-9,18H,10-15H2,(H,23,24,25). The Morgan fingerprint density at radius 1 is 0.964 bits per heavy atom. The van der Waals surface area contributed by atoms with Crippen molar-refractivity contribution >= 4 is 11.7 Å². The normalized spacial score (nSPS) is 17.0. The van der Waals surface area contributed by atoms with Gasteiger partial charge in [0.1, 0.15) is 5.82 Å². The molecule has 28 heavy (non-hydrogen) atoms. The van der Waals surface area contributed by atoms with Crippen LogP contribution in [0.5, 0.6) is 0 Å². The van der Waals surface area contributed by atoms with Gasteiger partial charge in [-0.2, -0.15) is 5.10 Å². The fourth-order valence-corrected chi connectivity index (χ4v) is 4.23. The van der Waals surface area contributed by atoms with Crippen molar-refractivity contribution in [3.05, 3.63) is 66.0 Å². The Labute approximate surface area is 164 Å². The number of H-pyrrole nitrogens is 1. The number of benzene rings is 2. The van der Waals surface area contributed by atoms with Gasteiger partial charge < -0.3 is 4.90 Å². The highest BCUT2D eigenvalue weighted by Crippen LogP contribution is 2.31. The van der Waals surface area contributed by atoms with E-state index in [1.165, 1.54) is 5.56 Å². The third kappa shape index (κ3) is 3.05. The van der Waals surface area contributed by atoms with Gasteiger partial charge in [0, 0.05) is 36.8 Å². The second-order valence-electron chi connectivity index (χ2n) is 7.48. The Morgan fingerprint density at radius 2 is 1.71 bits per heavy atom. The van der Waals surface area contributed by atoms with Crippen LogP contribution in [0.4, 0.5) is 10.5 Å². The summed E-state index contributed by atoms with van der Waals surface area (Å²) in [6.45, 7) is 2.29. The van der Waals surface area contributed by atoms with Gasteiger partial charge in [-0.05, 0) is 30.9 Å². The molecule has 3 heterocycles. The van der Waals surface area contributed by atoms with Gasteiger partial charge in [-0.3, -0.25) is 10.00 Å². The van der Waals surface area contributed by atoms with Crippen molar-refractivity contribution in [1.82, 2.24) is 20.1 Å². The molecule has 2 aliphatic rings. The molecule has 2 amide bonds. The van der Waals surface area contributed by atoms with E-state index in [0.29, 0.717) is 5.92 Å². The fourth-order valence-electron chi connectivity index (χ4n) is 4.23. The smallest absolute Gasteiger partial charge is 0.324 e. The first kappa shape index (κ1) is 17.0. The van der Waals surface area contributed by atoms with Gasteiger partial charge in [0.2, 0.25) is 0 Å². The average Bonchev–Trinajstić information content (AvgIpc) is 3.42. The Bertz CT molecular complexity index is 975. The van der Waals surface area contributed by atoms with E-state index in [-0.39, 0.29) is 6.03 Å². The Balaban J connectivity index is 1.24. The van der Waals surface area contributed by atoms with Gasteiger partial charge in [0.25, 0.3) is 0 Å². The summed E-state index contributed by atoms with van der Waals surface area (Å²) in [6.07, 6.45) is 2.76. The van der Waals surface area contributed by atoms with E-state index in [1.54, 1.807) is 0 Å². The van der Waals surface area contributed by atoms with Crippen molar-refractivity contribution in [2.45, 2.75) is 25.2 Å². The number of nitrogens with zero attached hydrogens (tertiary/aromatic N) is 4. The maximum atomic E-state index is 13.0. The molecule has 0 unspecified atom stereocenters. The number of hydrogen-bond acceptors (Lipinski definition) is 3. The first-order valence-corrected chi connectivity index (χ1v) is 9.91. The number of urea groups is 1. The van der Waals surface area contributed by atoms with E-state index in [9.17, 15) is 4.79 Å². The van der Waals surface area contributed by atoms with Crippen LogP contribution < -0.4 is 4.90 Å². The van der Waals surface area contributed by atoms with E-state index in [1.807, 2.05) is 58.3 Å². The second kappa shape index (κ2) is 7.11. The number of carbonyl (C=O) groups excluding carboxylic acids is 1. The van der Waals surface area contributed by atoms with Gasteiger partial charge in [-0.15, -0.1) is 0 Å². The van der Waals surface area contributed by atoms with E-state index in [4.69, 9.17) is 4.98 Å². The van der Waals surface area contributed by atoms with E-state index < -0.39 is 0 Å². The van der Waals surface area contributed by atoms with Crippen molar-refractivity contribution < 1.29 is 4.79 Å². The number of aromatic nitrogens is 3. The third-order valence-corrected chi connectivity index (χ3v) is 5.80. The molecule has 1 aromatic heterocycles. The van der Waals surface area contributed by atoms with Crippen LogP contribution in [-0.4, -0.2) is 45.7 Å². The molecule has 1 N–H and O–H groups in total. The fraction of sp³-hybridized carbons (Fsp3) is 0.318. The Hall–Kier alpha value is -3.15. The van der Waals surface area contributed by atoms with Gasteiger partial charge in [0.15, 0.2) is 5.82 Å². The highest BCUT2D eigenvalue weighted by atomic mass is 16.2. The minimum absolute atomic E-state index is 0.131. The SMILES string of the molecule is O=C(N1CCC(c2nc(-c3ccccc3)n[nH]2)CC1)N1CCc2ccccc21. The van der Waals surface area contributed by atoms with Crippen molar-refractivity contribution in [3.8, 4) is 11.4 Å². The van der Waals surface area contributed by atoms with Crippen LogP contribution >= 0.6 is 0 Å². The predicted molar refractivity (Wildman–Crippen MR) is 108 cm³/mol. The maximum absolute atomic E-state index is 13.0. The Morgan fingerprint density at radius 3 is 2.54 bits per heavy atom. The van der Waals surface area contributed by atoms with Crippen molar-refractivity contribution in [2.75, 3.05) is 24.5 Å². The number of anilines is 1. The summed E-state index contributed by atoms with van der Waals surface area (Å²) in [5, 5.41) is 7.49. The number of aromatic amines is 1. The number of likely N-dealkylation sites (tertiary alicyclic amines) is 1. The zero-order valence-corrected chi connectivity index (χ0v) is 15.7. The molecule has 0 atom stereocenters. The molecule has 0 aliphatic carbocycles. The van der Waals surface area contributed by atoms with Crippen LogP contribution in [0.3, 0.4) is 0 Å². The minimum atomic E-state index is 0.131. The third-order valence-electron chi connectivity index (χ3n) is 5.80. The average molecular weight is 373 g/mol. The number of nitrogens with one attached hydrogen (secondary N) is 1. The lowest BCUT2D eigenvalue weighted by Crippen LogP contribution is -2.46. The summed E-state index contributed by atoms with van der Waals surface area (Å²) in [6, 6.07) is 18.3. The molecule has 142 valence electrons. The van der Waals surface area contributed by atoms with Crippen LogP contribution in [0.2, 0.25) is 0 Å². The lowest BCUT2D eigenvalue weighted by molar-refractivity contribution is 0.187. The zero-order chi connectivity index (χ0) is 18.9. The lowest BCUT2D eigenvalue weighted by atomic mass is 9.96. The molecule has 6 heteroatoms. The van der Waals surface area contributed by atoms with Crippen LogP contribution in [-0.2, 0) is 6.42 Å². The highest BCUT2D eigenvalue weighted by Gasteiger charge is 2.31. The monoisotopic (exact) mass is 373 g/mol. The number of carbonyl (C=O) groups is 1. The van der Waals surface area contributed by atoms with Crippen LogP contribution in [0, 0.1) is 0 Å². The van der Waals surface area contributed by atoms with E-state index >= 15 is 0 Å². The number of amides is 2. The molecule has 5 rings (SSSR count). The van der Waals surface area contributed by atoms with E-state index in [0.717, 1.165) is 61.8 Å². The van der Waals surface area contributed by atoms with Crippen LogP contribution in [0.1, 0.15) is 30.1 Å². The number of rotatable bonds is 2. The summed E-state index contributed by atoms with van der Waals surface area (Å²) < 4.78 is 0. The van der Waals surface area contributed by atoms with Gasteiger partial charge in [0.05, 0.1) is 0 Å². The molecular formula is C22H23N5O. The lowest BCUT2D eigenvalue weighted by Gasteiger charge is -2.34. The molecule has 2 aliphatic heterocycles. The number of hydrogen-bond donors (Lipinski definition) is 1. The van der Waals surface area contributed by atoms with Crippen molar-refractivity contribution in [2.24, 2.45) is 0 Å². The van der Waals surface area contributed by atoms with Gasteiger partial charge in [-0.25, -0.2) is 9.78 Å². The molecule has 6 nitrogen and oxygen atoms in total. The van der Waals surface area contributed by atoms with Gasteiger partial charge in [-0.1, -0.05) is 48.5 Å². The van der Waals surface area contributed by atoms with Crippen molar-refractivity contribution in [1.29, 1.82) is 0 Å². The summed E-state index contributed by atoms with van der Waals surface area (Å²) in [5.74, 6) is 1.99. The van der Waals surface area contributed by atoms with Crippen LogP contribution in [0.15, 0.2) is 54.6 Å². The zero-order valence-electron chi connectivity index (χ0n) is 15.7. The largest absolute Gasteiger partial charge is 0.324 e. The van der Waals surface area contributed by atoms with Gasteiger partial charge >= 0.3 is 6.03 Å². The summed E-state index contributed by atoms with van der Waals surface area (Å²) >= 11 is 0. The molecule has 0 saturated carbocycles. The van der Waals surface area contributed by atoms with Crippen LogP contribution in [0.25, 0.3) is 11.4 Å². The Kier molecular flexibility index (Phi) is 4.31. The number of piperidine rings is 1. The molecular weight excluding hydrogens is 350 g/mol. The van der Waals surface area contributed by atoms with E-state index in [2.05, 4.69) is 16.3 Å². The maximum Gasteiger partial charge on any atom is 0.324 e. The molecule has 1 fully saturated rings. The quantitative estimate of drug-likeness (QED) is 0.742. The molecule has 0 bridgehead atoms. The molecule has 1 saturated heterocycles. The summed E-state index contributed by atoms with van der Waals surface area (Å²) in [5.41, 5.74) is 3.35. The molecule has 0 spiro atoms. The summed E-state index contributed by atoms with van der Waals surface area (Å²) in [4.78, 5) is 21.6. The topological polar surface area (TPSA) is 65.1 Å². The number of fused-ring (bicyclic) bond motifs is 1. The summed E-state index contributed by atoms with van der Waals surface area (Å²) in [7, 11) is 0. The first-order valence-electron chi connectivity index (χ1n) is 9.91. The molecule has 2 aromatic carbocycles. The first-order chi connectivity index (χ1) is 13.8. The second-order valence-corrected chi connectivity index (χ2v) is 7.48. The molecule has 3 aromatic rings.